The van der Waals surface area contributed by atoms with Crippen LogP contribution in [0, 0.1) is 11.6 Å². The molecule has 32 heavy (non-hydrogen) atoms. The minimum atomic E-state index is -5.08. The molecule has 2 aromatic rings. The first-order valence-electron chi connectivity index (χ1n) is 9.37. The van der Waals surface area contributed by atoms with Crippen molar-refractivity contribution < 1.29 is 46.5 Å². The van der Waals surface area contributed by atoms with Crippen molar-refractivity contribution >= 4 is 11.9 Å². The molecule has 0 unspecified atom stereocenters. The van der Waals surface area contributed by atoms with E-state index in [0.717, 1.165) is 18.1 Å². The summed E-state index contributed by atoms with van der Waals surface area (Å²) in [6.45, 7) is 1.46. The Bertz CT molecular complexity index is 872. The highest BCUT2D eigenvalue weighted by Gasteiger charge is 2.38. The topological polar surface area (TPSA) is 95.9 Å². The van der Waals surface area contributed by atoms with Gasteiger partial charge in [0.25, 0.3) is 0 Å². The quantitative estimate of drug-likeness (QED) is 0.366. The predicted octanol–water partition coefficient (Wildman–Crippen LogP) is 3.83. The monoisotopic (exact) mass is 463 g/mol. The lowest BCUT2D eigenvalue weighted by Gasteiger charge is -2.08. The zero-order valence-electron chi connectivity index (χ0n) is 16.8. The van der Waals surface area contributed by atoms with Crippen molar-refractivity contribution in [2.45, 2.75) is 25.4 Å². The van der Waals surface area contributed by atoms with Crippen LogP contribution in [-0.2, 0) is 22.4 Å². The summed E-state index contributed by atoms with van der Waals surface area (Å²) >= 11 is 0. The number of rotatable bonds is 10. The second kappa shape index (κ2) is 13.3. The van der Waals surface area contributed by atoms with Crippen LogP contribution in [0.1, 0.15) is 17.5 Å². The Kier molecular flexibility index (Phi) is 11.1. The van der Waals surface area contributed by atoms with Gasteiger partial charge in [0.2, 0.25) is 0 Å². The van der Waals surface area contributed by atoms with Crippen LogP contribution in [-0.4, -0.2) is 48.0 Å². The number of carbonyl (C=O) groups is 2. The molecule has 6 nitrogen and oxygen atoms in total. The minimum Gasteiger partial charge on any atom is -0.493 e. The maximum Gasteiger partial charge on any atom is 0.490 e. The van der Waals surface area contributed by atoms with Gasteiger partial charge in [0, 0.05) is 19.0 Å². The van der Waals surface area contributed by atoms with Crippen molar-refractivity contribution in [3.8, 4) is 5.75 Å². The Labute approximate surface area is 180 Å². The number of alkyl halides is 3. The molecule has 2 rings (SSSR count). The third kappa shape index (κ3) is 11.3. The summed E-state index contributed by atoms with van der Waals surface area (Å²) in [4.78, 5) is 19.3. The number of carboxylic acids is 2. The lowest BCUT2D eigenvalue weighted by molar-refractivity contribution is -0.192. The fraction of sp³-hybridized carbons (Fsp3) is 0.333. The Hall–Kier alpha value is -3.21. The summed E-state index contributed by atoms with van der Waals surface area (Å²) in [6.07, 6.45) is -3.82. The molecule has 0 spiro atoms. The van der Waals surface area contributed by atoms with Crippen molar-refractivity contribution in [1.82, 2.24) is 5.32 Å². The summed E-state index contributed by atoms with van der Waals surface area (Å²) in [5.41, 5.74) is 1.53. The second-order valence-electron chi connectivity index (χ2n) is 6.42. The first-order chi connectivity index (χ1) is 15.0. The number of ether oxygens (including phenoxy) is 1. The number of carboxylic acid groups (broad SMARTS) is 2. The first kappa shape index (κ1) is 26.8. The number of halogens is 5. The molecule has 2 aromatic carbocycles. The molecule has 0 bridgehead atoms. The zero-order chi connectivity index (χ0) is 24.1. The van der Waals surface area contributed by atoms with E-state index in [4.69, 9.17) is 19.7 Å². The minimum absolute atomic E-state index is 0.113. The molecular formula is C21H22F5NO5. The van der Waals surface area contributed by atoms with Crippen LogP contribution in [0.25, 0.3) is 0 Å². The number of hydrogen-bond donors (Lipinski definition) is 3. The molecule has 0 aliphatic heterocycles. The smallest absolute Gasteiger partial charge is 0.490 e. The summed E-state index contributed by atoms with van der Waals surface area (Å²) < 4.78 is 63.7. The van der Waals surface area contributed by atoms with E-state index >= 15 is 0 Å². The van der Waals surface area contributed by atoms with E-state index in [0.29, 0.717) is 37.4 Å². The van der Waals surface area contributed by atoms with Gasteiger partial charge in [0.15, 0.2) is 0 Å². The van der Waals surface area contributed by atoms with Crippen LogP contribution in [0.3, 0.4) is 0 Å². The van der Waals surface area contributed by atoms with Gasteiger partial charge in [-0.3, -0.25) is 4.79 Å². The highest BCUT2D eigenvalue weighted by Crippen LogP contribution is 2.15. The van der Waals surface area contributed by atoms with Gasteiger partial charge in [0.05, 0.1) is 13.0 Å². The lowest BCUT2D eigenvalue weighted by atomic mass is 10.1. The van der Waals surface area contributed by atoms with Gasteiger partial charge >= 0.3 is 18.1 Å². The van der Waals surface area contributed by atoms with E-state index < -0.39 is 29.7 Å². The van der Waals surface area contributed by atoms with Gasteiger partial charge in [-0.2, -0.15) is 13.2 Å². The van der Waals surface area contributed by atoms with Crippen LogP contribution in [0.15, 0.2) is 42.5 Å². The molecule has 0 atom stereocenters. The van der Waals surface area contributed by atoms with Gasteiger partial charge in [-0.1, -0.05) is 18.2 Å². The Balaban J connectivity index is 0.000000633. The van der Waals surface area contributed by atoms with Crippen LogP contribution in [0.5, 0.6) is 5.75 Å². The van der Waals surface area contributed by atoms with Crippen LogP contribution >= 0.6 is 0 Å². The van der Waals surface area contributed by atoms with E-state index in [1.807, 2.05) is 24.3 Å². The lowest BCUT2D eigenvalue weighted by Crippen LogP contribution is -2.21. The van der Waals surface area contributed by atoms with Crippen LogP contribution < -0.4 is 10.1 Å². The number of aliphatic carboxylic acids is 2. The summed E-state index contributed by atoms with van der Waals surface area (Å²) in [6, 6.07) is 11.1. The van der Waals surface area contributed by atoms with Gasteiger partial charge < -0.3 is 20.3 Å². The molecule has 176 valence electrons. The van der Waals surface area contributed by atoms with Gasteiger partial charge in [-0.15, -0.1) is 0 Å². The van der Waals surface area contributed by atoms with Gasteiger partial charge in [-0.25, -0.2) is 13.6 Å². The molecule has 0 heterocycles. The number of nitrogens with one attached hydrogen (secondary N) is 1. The third-order valence-electron chi connectivity index (χ3n) is 3.93. The predicted molar refractivity (Wildman–Crippen MR) is 105 cm³/mol. The average Bonchev–Trinajstić information content (AvgIpc) is 2.70. The van der Waals surface area contributed by atoms with Crippen LogP contribution in [0.2, 0.25) is 0 Å². The standard InChI is InChI=1S/C19H21F2NO3.C2HF3O2/c20-16-4-3-15(18(21)13-16)9-12-25-17-5-1-14(2-6-17)7-10-22-11-8-19(23)24;3-2(4,5)1(6)7/h1-6,13,22H,7-12H2,(H,23,24);(H,6,7). The van der Waals surface area contributed by atoms with E-state index in [1.54, 1.807) is 0 Å². The fourth-order valence-electron chi connectivity index (χ4n) is 2.31. The molecule has 0 fully saturated rings. The Morgan fingerprint density at radius 2 is 1.56 bits per heavy atom. The van der Waals surface area contributed by atoms with Gasteiger partial charge in [-0.05, 0) is 42.3 Å². The van der Waals surface area contributed by atoms with Crippen molar-refractivity contribution in [2.75, 3.05) is 19.7 Å². The molecular weight excluding hydrogens is 441 g/mol. The van der Waals surface area contributed by atoms with Crippen molar-refractivity contribution in [3.05, 3.63) is 65.2 Å². The van der Waals surface area contributed by atoms with Crippen molar-refractivity contribution in [1.29, 1.82) is 0 Å². The van der Waals surface area contributed by atoms with E-state index in [2.05, 4.69) is 5.32 Å². The normalized spacial score (nSPS) is 10.8. The molecule has 0 aromatic heterocycles. The molecule has 11 heteroatoms. The van der Waals surface area contributed by atoms with E-state index in [9.17, 15) is 26.7 Å². The maximum absolute atomic E-state index is 13.5. The highest BCUT2D eigenvalue weighted by molar-refractivity contribution is 5.73. The SMILES string of the molecule is O=C(O)C(F)(F)F.O=C(O)CCNCCc1ccc(OCCc2ccc(F)cc2F)cc1. The van der Waals surface area contributed by atoms with Gasteiger partial charge in [0.1, 0.15) is 17.4 Å². The summed E-state index contributed by atoms with van der Waals surface area (Å²) in [7, 11) is 0. The molecule has 0 aliphatic rings. The maximum atomic E-state index is 13.5. The molecule has 3 N–H and O–H groups in total. The van der Waals surface area contributed by atoms with E-state index in [-0.39, 0.29) is 6.42 Å². The third-order valence-corrected chi connectivity index (χ3v) is 3.93. The van der Waals surface area contributed by atoms with Crippen molar-refractivity contribution in [3.63, 3.8) is 0 Å². The fourth-order valence-corrected chi connectivity index (χ4v) is 2.31. The molecule has 0 saturated carbocycles. The molecule has 0 radical (unpaired) electrons. The molecule has 0 saturated heterocycles. The zero-order valence-corrected chi connectivity index (χ0v) is 16.8. The largest absolute Gasteiger partial charge is 0.493 e. The van der Waals surface area contributed by atoms with Crippen molar-refractivity contribution in [2.24, 2.45) is 0 Å². The Morgan fingerprint density at radius 3 is 2.09 bits per heavy atom. The van der Waals surface area contributed by atoms with Crippen LogP contribution in [0.4, 0.5) is 22.0 Å². The molecule has 0 aliphatic carbocycles. The highest BCUT2D eigenvalue weighted by atomic mass is 19.4. The summed E-state index contributed by atoms with van der Waals surface area (Å²) in [5.74, 6) is -4.03. The summed E-state index contributed by atoms with van der Waals surface area (Å²) in [5, 5.41) is 18.7. The molecule has 0 amide bonds. The first-order valence-corrected chi connectivity index (χ1v) is 9.37. The second-order valence-corrected chi connectivity index (χ2v) is 6.42. The Morgan fingerprint density at radius 1 is 0.938 bits per heavy atom. The number of benzene rings is 2. The average molecular weight is 463 g/mol. The number of hydrogen-bond acceptors (Lipinski definition) is 4. The van der Waals surface area contributed by atoms with E-state index in [1.165, 1.54) is 12.1 Å².